The van der Waals surface area contributed by atoms with E-state index in [1.165, 1.54) is 24.3 Å². The topological polar surface area (TPSA) is 65.3 Å². The van der Waals surface area contributed by atoms with Crippen LogP contribution < -0.4 is 5.32 Å². The number of pyridine rings is 1. The Morgan fingerprint density at radius 1 is 1.24 bits per heavy atom. The van der Waals surface area contributed by atoms with Crippen LogP contribution in [0.2, 0.25) is 0 Å². The molecule has 5 rings (SSSR count). The fourth-order valence-electron chi connectivity index (χ4n) is 4.07. The zero-order valence-corrected chi connectivity index (χ0v) is 14.7. The van der Waals surface area contributed by atoms with Gasteiger partial charge in [0, 0.05) is 49.2 Å². The van der Waals surface area contributed by atoms with Gasteiger partial charge in [-0.3, -0.25) is 9.59 Å². The molecule has 1 N–H and O–H groups in total. The number of amides is 2. The number of aromatic nitrogens is 1. The molecule has 0 radical (unpaired) electrons. The predicted octanol–water partition coefficient (Wildman–Crippen LogP) is 1.58. The lowest BCUT2D eigenvalue weighted by Gasteiger charge is -2.30. The van der Waals surface area contributed by atoms with E-state index in [0.29, 0.717) is 17.2 Å². The summed E-state index contributed by atoms with van der Waals surface area (Å²) in [5.74, 6) is 0.634. The number of hydrogen-bond donors (Lipinski definition) is 1. The summed E-state index contributed by atoms with van der Waals surface area (Å²) in [6, 6.07) is 1.97. The number of nitrogens with one attached hydrogen (secondary N) is 1. The minimum atomic E-state index is -0.134. The third-order valence-corrected chi connectivity index (χ3v) is 6.39. The van der Waals surface area contributed by atoms with Crippen molar-refractivity contribution in [3.8, 4) is 0 Å². The molecule has 2 aromatic rings. The van der Waals surface area contributed by atoms with Gasteiger partial charge >= 0.3 is 0 Å². The van der Waals surface area contributed by atoms with Gasteiger partial charge in [0.05, 0.1) is 10.3 Å². The number of hydrogen-bond acceptors (Lipinski definition) is 5. The van der Waals surface area contributed by atoms with Crippen molar-refractivity contribution in [1.82, 2.24) is 20.1 Å². The van der Waals surface area contributed by atoms with E-state index in [0.717, 1.165) is 42.7 Å². The molecule has 5 heterocycles. The van der Waals surface area contributed by atoms with Crippen molar-refractivity contribution in [3.63, 3.8) is 0 Å². The van der Waals surface area contributed by atoms with Gasteiger partial charge in [0.2, 0.25) is 0 Å². The van der Waals surface area contributed by atoms with Gasteiger partial charge in [0.1, 0.15) is 5.69 Å². The summed E-state index contributed by atoms with van der Waals surface area (Å²) in [7, 11) is 0. The van der Waals surface area contributed by atoms with Crippen molar-refractivity contribution in [3.05, 3.63) is 28.9 Å². The Morgan fingerprint density at radius 2 is 2.12 bits per heavy atom. The van der Waals surface area contributed by atoms with Crippen molar-refractivity contribution in [2.45, 2.75) is 18.9 Å². The number of piperidine rings is 1. The second-order valence-electron chi connectivity index (χ2n) is 7.33. The molecule has 3 atom stereocenters. The lowest BCUT2D eigenvalue weighted by Crippen LogP contribution is -2.47. The highest BCUT2D eigenvalue weighted by atomic mass is 32.1. The zero-order chi connectivity index (χ0) is 17.0. The van der Waals surface area contributed by atoms with Gasteiger partial charge in [-0.15, -0.1) is 11.3 Å². The van der Waals surface area contributed by atoms with Crippen LogP contribution in [0.4, 0.5) is 0 Å². The molecule has 2 bridgehead atoms. The SMILES string of the molecule is O=C(NC1CC2CCN(C2)C1)c1cc2c(C(=O)N3CC3)csc2cn1. The molecule has 0 aliphatic carbocycles. The lowest BCUT2D eigenvalue weighted by atomic mass is 9.97. The fraction of sp³-hybridized carbons (Fsp3) is 0.500. The van der Waals surface area contributed by atoms with Gasteiger partial charge in [0.15, 0.2) is 0 Å². The number of nitrogens with zero attached hydrogens (tertiary/aromatic N) is 3. The van der Waals surface area contributed by atoms with Crippen LogP contribution in [-0.2, 0) is 0 Å². The Balaban J connectivity index is 1.37. The highest BCUT2D eigenvalue weighted by molar-refractivity contribution is 7.17. The number of thiophene rings is 1. The zero-order valence-electron chi connectivity index (χ0n) is 13.9. The van der Waals surface area contributed by atoms with Crippen LogP contribution in [0.3, 0.4) is 0 Å². The van der Waals surface area contributed by atoms with E-state index in [-0.39, 0.29) is 17.9 Å². The van der Waals surface area contributed by atoms with E-state index in [1.807, 2.05) is 5.38 Å². The van der Waals surface area contributed by atoms with Gasteiger partial charge in [0.25, 0.3) is 11.8 Å². The van der Waals surface area contributed by atoms with Gasteiger partial charge in [-0.1, -0.05) is 0 Å². The van der Waals surface area contributed by atoms with E-state index >= 15 is 0 Å². The molecule has 2 aromatic heterocycles. The summed E-state index contributed by atoms with van der Waals surface area (Å²) in [6.45, 7) is 4.91. The van der Waals surface area contributed by atoms with Crippen molar-refractivity contribution in [2.24, 2.45) is 5.92 Å². The van der Waals surface area contributed by atoms with Crippen molar-refractivity contribution < 1.29 is 9.59 Å². The fourth-order valence-corrected chi connectivity index (χ4v) is 4.95. The van der Waals surface area contributed by atoms with E-state index in [1.54, 1.807) is 17.2 Å². The highest BCUT2D eigenvalue weighted by Crippen LogP contribution is 2.29. The van der Waals surface area contributed by atoms with Crippen LogP contribution in [-0.4, -0.2) is 65.4 Å². The Labute approximate surface area is 149 Å². The first kappa shape index (κ1) is 15.3. The summed E-state index contributed by atoms with van der Waals surface area (Å²) in [4.78, 5) is 33.6. The first-order valence-corrected chi connectivity index (χ1v) is 9.75. The normalized spacial score (nSPS) is 27.5. The molecule has 3 unspecified atom stereocenters. The number of carbonyl (C=O) groups is 2. The summed E-state index contributed by atoms with van der Waals surface area (Å²) in [5, 5.41) is 5.86. The molecule has 3 aliphatic rings. The Morgan fingerprint density at radius 3 is 2.92 bits per heavy atom. The quantitative estimate of drug-likeness (QED) is 0.848. The minimum absolute atomic E-state index is 0.0560. The summed E-state index contributed by atoms with van der Waals surface area (Å²) in [6.07, 6.45) is 4.01. The monoisotopic (exact) mass is 356 g/mol. The molecule has 0 saturated carbocycles. The first-order chi connectivity index (χ1) is 12.2. The molecule has 2 amide bonds. The molecule has 0 spiro atoms. The standard InChI is InChI=1S/C18H20N4O2S/c23-17(20-12-5-11-1-2-21(8-11)9-12)15-6-13-14(18(24)22-3-4-22)10-25-16(13)7-19-15/h6-7,10-12H,1-5,8-9H2,(H,20,23). The molecule has 3 fully saturated rings. The van der Waals surface area contributed by atoms with Crippen LogP contribution in [0.25, 0.3) is 10.1 Å². The van der Waals surface area contributed by atoms with E-state index in [4.69, 9.17) is 0 Å². The second-order valence-corrected chi connectivity index (χ2v) is 8.24. The second kappa shape index (κ2) is 5.78. The smallest absolute Gasteiger partial charge is 0.270 e. The lowest BCUT2D eigenvalue weighted by molar-refractivity contribution is 0.0883. The van der Waals surface area contributed by atoms with Crippen LogP contribution in [0.5, 0.6) is 0 Å². The summed E-state index contributed by atoms with van der Waals surface area (Å²) >= 11 is 1.50. The van der Waals surface area contributed by atoms with E-state index in [2.05, 4.69) is 15.2 Å². The third-order valence-electron chi connectivity index (χ3n) is 5.46. The van der Waals surface area contributed by atoms with E-state index in [9.17, 15) is 9.59 Å². The van der Waals surface area contributed by atoms with Gasteiger partial charge in [-0.05, 0) is 31.4 Å². The minimum Gasteiger partial charge on any atom is -0.347 e. The van der Waals surface area contributed by atoms with Gasteiger partial charge < -0.3 is 15.1 Å². The molecule has 3 aliphatic heterocycles. The Bertz CT molecular complexity index is 848. The molecule has 0 aromatic carbocycles. The van der Waals surface area contributed by atoms with E-state index < -0.39 is 0 Å². The molecule has 3 saturated heterocycles. The predicted molar refractivity (Wildman–Crippen MR) is 95.9 cm³/mol. The van der Waals surface area contributed by atoms with Crippen molar-refractivity contribution in [2.75, 3.05) is 32.7 Å². The molecular weight excluding hydrogens is 336 g/mol. The summed E-state index contributed by atoms with van der Waals surface area (Å²) < 4.78 is 0.948. The maximum atomic E-state index is 12.7. The molecular formula is C18H20N4O2S. The average molecular weight is 356 g/mol. The van der Waals surface area contributed by atoms with Crippen molar-refractivity contribution >= 4 is 33.2 Å². The van der Waals surface area contributed by atoms with Crippen LogP contribution in [0, 0.1) is 5.92 Å². The Kier molecular flexibility index (Phi) is 3.53. The molecule has 130 valence electrons. The average Bonchev–Trinajstić information content (AvgIpc) is 3.30. The Hall–Kier alpha value is -1.99. The van der Waals surface area contributed by atoms with Crippen LogP contribution in [0.15, 0.2) is 17.6 Å². The van der Waals surface area contributed by atoms with Crippen LogP contribution in [0.1, 0.15) is 33.7 Å². The van der Waals surface area contributed by atoms with Crippen molar-refractivity contribution in [1.29, 1.82) is 0 Å². The molecule has 7 heteroatoms. The van der Waals surface area contributed by atoms with Gasteiger partial charge in [-0.25, -0.2) is 4.98 Å². The molecule has 6 nitrogen and oxygen atoms in total. The third kappa shape index (κ3) is 2.81. The maximum Gasteiger partial charge on any atom is 0.270 e. The number of fused-ring (bicyclic) bond motifs is 3. The number of carbonyl (C=O) groups excluding carboxylic acids is 2. The molecule has 25 heavy (non-hydrogen) atoms. The highest BCUT2D eigenvalue weighted by Gasteiger charge is 2.33. The first-order valence-electron chi connectivity index (χ1n) is 8.87. The largest absolute Gasteiger partial charge is 0.347 e. The maximum absolute atomic E-state index is 12.7. The number of rotatable bonds is 3. The summed E-state index contributed by atoms with van der Waals surface area (Å²) in [5.41, 5.74) is 1.09. The van der Waals surface area contributed by atoms with Gasteiger partial charge in [-0.2, -0.15) is 0 Å². The van der Waals surface area contributed by atoms with Crippen LogP contribution >= 0.6 is 11.3 Å².